The van der Waals surface area contributed by atoms with Crippen LogP contribution in [0, 0.1) is 52.3 Å². The Bertz CT molecular complexity index is 765. The van der Waals surface area contributed by atoms with Gasteiger partial charge in [-0.05, 0) is 73.5 Å². The van der Waals surface area contributed by atoms with E-state index in [-0.39, 0.29) is 29.6 Å². The first kappa shape index (κ1) is 23.3. The maximum Gasteiger partial charge on any atom is 0.144 e. The van der Waals surface area contributed by atoms with E-state index in [0.717, 1.165) is 24.7 Å². The number of aliphatic hydroxyl groups is 2. The average Bonchev–Trinajstić information content (AvgIpc) is 3.28. The van der Waals surface area contributed by atoms with Crippen molar-refractivity contribution in [3.63, 3.8) is 0 Å². The normalized spacial score (nSPS) is 53.8. The lowest BCUT2D eigenvalue weighted by Crippen LogP contribution is -2.66. The highest BCUT2D eigenvalue weighted by atomic mass is 16.6. The number of rotatable bonds is 5. The van der Waals surface area contributed by atoms with Gasteiger partial charge in [-0.3, -0.25) is 4.79 Å². The van der Waals surface area contributed by atoms with Crippen LogP contribution in [0.25, 0.3) is 0 Å². The Morgan fingerprint density at radius 3 is 2.47 bits per heavy atom. The largest absolute Gasteiger partial charge is 0.393 e. The van der Waals surface area contributed by atoms with Crippen molar-refractivity contribution >= 4 is 5.78 Å². The number of carbonyl (C=O) groups excluding carboxylic acids is 1. The van der Waals surface area contributed by atoms with Gasteiger partial charge in [0.15, 0.2) is 0 Å². The molecule has 4 saturated carbocycles. The summed E-state index contributed by atoms with van der Waals surface area (Å²) < 4.78 is 6.30. The molecule has 1 aliphatic heterocycles. The minimum absolute atomic E-state index is 0.0191. The van der Waals surface area contributed by atoms with Crippen LogP contribution in [0.1, 0.15) is 92.9 Å². The van der Waals surface area contributed by atoms with Crippen molar-refractivity contribution in [1.82, 2.24) is 0 Å². The Kier molecular flexibility index (Phi) is 5.48. The topological polar surface area (TPSA) is 70.1 Å². The lowest BCUT2D eigenvalue weighted by atomic mass is 9.43. The molecule has 32 heavy (non-hydrogen) atoms. The van der Waals surface area contributed by atoms with E-state index < -0.39 is 23.2 Å². The zero-order valence-electron chi connectivity index (χ0n) is 21.1. The monoisotopic (exact) mass is 446 g/mol. The fraction of sp³-hybridized carbons (Fsp3) is 0.964. The van der Waals surface area contributed by atoms with E-state index >= 15 is 0 Å². The molecule has 4 aliphatic carbocycles. The van der Waals surface area contributed by atoms with Crippen LogP contribution in [-0.4, -0.2) is 39.9 Å². The van der Waals surface area contributed by atoms with Gasteiger partial charge in [0, 0.05) is 18.8 Å². The van der Waals surface area contributed by atoms with E-state index in [1.54, 1.807) is 0 Å². The summed E-state index contributed by atoms with van der Waals surface area (Å²) in [7, 11) is 0. The summed E-state index contributed by atoms with van der Waals surface area (Å²) in [6, 6.07) is 0. The average molecular weight is 447 g/mol. The molecule has 1 heterocycles. The zero-order chi connectivity index (χ0) is 23.2. The van der Waals surface area contributed by atoms with Gasteiger partial charge < -0.3 is 14.9 Å². The third kappa shape index (κ3) is 3.00. The molecule has 2 N–H and O–H groups in total. The van der Waals surface area contributed by atoms with Crippen LogP contribution in [-0.2, 0) is 9.53 Å². The molecular weight excluding hydrogens is 400 g/mol. The van der Waals surface area contributed by atoms with Crippen molar-refractivity contribution in [2.24, 2.45) is 52.3 Å². The Morgan fingerprint density at radius 2 is 1.78 bits per heavy atom. The van der Waals surface area contributed by atoms with Crippen LogP contribution in [0.3, 0.4) is 0 Å². The molecule has 5 rings (SSSR count). The van der Waals surface area contributed by atoms with Crippen molar-refractivity contribution in [2.75, 3.05) is 0 Å². The molecule has 0 aromatic carbocycles. The molecule has 4 heteroatoms. The Morgan fingerprint density at radius 1 is 1.06 bits per heavy atom. The number of epoxide rings is 1. The summed E-state index contributed by atoms with van der Waals surface area (Å²) in [6.07, 6.45) is 6.67. The molecule has 1 saturated heterocycles. The molecule has 12 atom stereocenters. The van der Waals surface area contributed by atoms with Gasteiger partial charge in [-0.25, -0.2) is 0 Å². The maximum atomic E-state index is 13.4. The first-order valence-corrected chi connectivity index (χ1v) is 13.5. The maximum absolute atomic E-state index is 13.4. The molecule has 0 bridgehead atoms. The first-order valence-electron chi connectivity index (χ1n) is 13.5. The second kappa shape index (κ2) is 7.52. The number of aliphatic hydroxyl groups excluding tert-OH is 2. The fourth-order valence-electron chi connectivity index (χ4n) is 9.64. The Hall–Kier alpha value is -0.450. The number of fused-ring (bicyclic) bond motifs is 4. The molecule has 182 valence electrons. The van der Waals surface area contributed by atoms with Gasteiger partial charge in [0.1, 0.15) is 11.4 Å². The van der Waals surface area contributed by atoms with Gasteiger partial charge >= 0.3 is 0 Å². The van der Waals surface area contributed by atoms with E-state index in [2.05, 4.69) is 41.5 Å². The van der Waals surface area contributed by atoms with Gasteiger partial charge in [-0.2, -0.15) is 0 Å². The quantitative estimate of drug-likeness (QED) is 0.583. The van der Waals surface area contributed by atoms with Gasteiger partial charge in [-0.15, -0.1) is 0 Å². The van der Waals surface area contributed by atoms with Gasteiger partial charge in [0.25, 0.3) is 0 Å². The first-order chi connectivity index (χ1) is 15.0. The SMILES string of the molecule is CC(C)C(C)CCC(C)C1CCC2C3CC4OC45CC(O)CC(=O)C5(C)C3C(O)CC12C. The summed E-state index contributed by atoms with van der Waals surface area (Å²) in [4.78, 5) is 13.4. The molecule has 0 aromatic heterocycles. The van der Waals surface area contributed by atoms with Gasteiger partial charge in [0.05, 0.1) is 23.7 Å². The number of ether oxygens (including phenoxy) is 1. The molecule has 0 aromatic rings. The molecular formula is C28H46O4. The minimum atomic E-state index is -0.642. The standard InChI is InChI=1S/C28H46O4/c1-15(2)16(3)7-8-17(4)20-9-10-21-19-12-24-28(32-24)13-18(29)11-23(31)27(28,6)25(19)22(30)14-26(20,21)5/h15-22,24-25,29-30H,7-14H2,1-6H3. The van der Waals surface area contributed by atoms with E-state index in [0.29, 0.717) is 30.1 Å². The van der Waals surface area contributed by atoms with Crippen LogP contribution in [0.4, 0.5) is 0 Å². The van der Waals surface area contributed by atoms with Crippen LogP contribution in [0.5, 0.6) is 0 Å². The van der Waals surface area contributed by atoms with Crippen LogP contribution >= 0.6 is 0 Å². The third-order valence-electron chi connectivity index (χ3n) is 11.8. The minimum Gasteiger partial charge on any atom is -0.393 e. The fourth-order valence-corrected chi connectivity index (χ4v) is 9.64. The van der Waals surface area contributed by atoms with Crippen molar-refractivity contribution in [3.05, 3.63) is 0 Å². The zero-order valence-corrected chi connectivity index (χ0v) is 21.1. The second-order valence-corrected chi connectivity index (χ2v) is 13.5. The van der Waals surface area contributed by atoms with Crippen molar-refractivity contribution in [1.29, 1.82) is 0 Å². The van der Waals surface area contributed by atoms with E-state index in [1.165, 1.54) is 25.7 Å². The highest BCUT2D eigenvalue weighted by Crippen LogP contribution is 2.73. The van der Waals surface area contributed by atoms with E-state index in [4.69, 9.17) is 4.74 Å². The highest BCUT2D eigenvalue weighted by molar-refractivity contribution is 5.89. The Balaban J connectivity index is 1.39. The molecule has 5 fully saturated rings. The summed E-state index contributed by atoms with van der Waals surface area (Å²) in [6.45, 7) is 14.0. The third-order valence-corrected chi connectivity index (χ3v) is 11.8. The summed E-state index contributed by atoms with van der Waals surface area (Å²) in [5.41, 5.74) is -1.00. The predicted molar refractivity (Wildman–Crippen MR) is 125 cm³/mol. The molecule has 0 radical (unpaired) electrons. The predicted octanol–water partition coefficient (Wildman–Crippen LogP) is 5.00. The van der Waals surface area contributed by atoms with Gasteiger partial charge in [-0.1, -0.05) is 47.5 Å². The molecule has 0 amide bonds. The molecule has 12 unspecified atom stereocenters. The molecule has 5 aliphatic rings. The molecule has 1 spiro atoms. The number of hydrogen-bond acceptors (Lipinski definition) is 4. The van der Waals surface area contributed by atoms with Crippen LogP contribution in [0.2, 0.25) is 0 Å². The van der Waals surface area contributed by atoms with E-state index in [9.17, 15) is 15.0 Å². The lowest BCUT2D eigenvalue weighted by Gasteiger charge is -2.60. The Labute approximate surface area is 194 Å². The number of Topliss-reactive ketones (excluding diaryl/α,β-unsaturated/α-hetero) is 1. The van der Waals surface area contributed by atoms with Crippen molar-refractivity contribution in [3.8, 4) is 0 Å². The number of carbonyl (C=O) groups is 1. The summed E-state index contributed by atoms with van der Waals surface area (Å²) in [5, 5.41) is 22.0. The number of hydrogen-bond donors (Lipinski definition) is 2. The second-order valence-electron chi connectivity index (χ2n) is 13.5. The van der Waals surface area contributed by atoms with Crippen LogP contribution in [0.15, 0.2) is 0 Å². The number of ketones is 1. The van der Waals surface area contributed by atoms with Crippen LogP contribution < -0.4 is 0 Å². The summed E-state index contributed by atoms with van der Waals surface area (Å²) >= 11 is 0. The highest BCUT2D eigenvalue weighted by Gasteiger charge is 2.80. The lowest BCUT2D eigenvalue weighted by molar-refractivity contribution is -0.180. The van der Waals surface area contributed by atoms with Crippen molar-refractivity contribution < 1.29 is 19.7 Å². The molecule has 4 nitrogen and oxygen atoms in total. The van der Waals surface area contributed by atoms with Gasteiger partial charge in [0.2, 0.25) is 0 Å². The van der Waals surface area contributed by atoms with E-state index in [1.807, 2.05) is 0 Å². The summed E-state index contributed by atoms with van der Waals surface area (Å²) in [5.74, 6) is 3.87. The van der Waals surface area contributed by atoms with Crippen molar-refractivity contribution in [2.45, 2.75) is 117 Å². The smallest absolute Gasteiger partial charge is 0.144 e.